The van der Waals surface area contributed by atoms with E-state index in [0.717, 1.165) is 25.7 Å². The van der Waals surface area contributed by atoms with Gasteiger partial charge < -0.3 is 15.4 Å². The van der Waals surface area contributed by atoms with Crippen LogP contribution in [0.4, 0.5) is 9.18 Å². The van der Waals surface area contributed by atoms with E-state index in [9.17, 15) is 14.0 Å². The summed E-state index contributed by atoms with van der Waals surface area (Å²) in [5, 5.41) is 5.30. The Balaban J connectivity index is 1.85. The number of carbonyl (C=O) groups excluding carboxylic acids is 2. The summed E-state index contributed by atoms with van der Waals surface area (Å²) in [4.78, 5) is 24.6. The van der Waals surface area contributed by atoms with Gasteiger partial charge in [-0.05, 0) is 49.8 Å². The molecule has 3 rings (SSSR count). The lowest BCUT2D eigenvalue weighted by molar-refractivity contribution is -0.146. The Hall–Kier alpha value is -2.37. The summed E-state index contributed by atoms with van der Waals surface area (Å²) in [7, 11) is 0. The Kier molecular flexibility index (Phi) is 5.06. The minimum Gasteiger partial charge on any atom is -0.459 e. The number of amides is 2. The van der Waals surface area contributed by atoms with Gasteiger partial charge in [0.05, 0.1) is 11.6 Å². The van der Waals surface area contributed by atoms with Crippen molar-refractivity contribution in [3.05, 3.63) is 46.9 Å². The highest BCUT2D eigenvalue weighted by Crippen LogP contribution is 2.31. The van der Waals surface area contributed by atoms with Crippen LogP contribution in [0, 0.1) is 11.7 Å². The minimum atomic E-state index is -0.724. The molecule has 0 radical (unpaired) electrons. The van der Waals surface area contributed by atoms with Gasteiger partial charge in [0, 0.05) is 5.70 Å². The number of esters is 1. The summed E-state index contributed by atoms with van der Waals surface area (Å²) >= 11 is 0. The molecule has 0 spiro atoms. The molecule has 25 heavy (non-hydrogen) atoms. The number of allylic oxidation sites excluding steroid dienone is 1. The first-order chi connectivity index (χ1) is 11.9. The van der Waals surface area contributed by atoms with E-state index in [4.69, 9.17) is 4.74 Å². The number of ether oxygens (including phenoxy) is 1. The number of rotatable bonds is 3. The van der Waals surface area contributed by atoms with E-state index >= 15 is 0 Å². The molecule has 1 fully saturated rings. The van der Waals surface area contributed by atoms with Gasteiger partial charge in [0.25, 0.3) is 0 Å². The normalized spacial score (nSPS) is 26.7. The Morgan fingerprint density at radius 3 is 2.84 bits per heavy atom. The maximum atomic E-state index is 13.6. The molecular weight excluding hydrogens is 323 g/mol. The second-order valence-electron chi connectivity index (χ2n) is 6.92. The van der Waals surface area contributed by atoms with Crippen LogP contribution in [-0.4, -0.2) is 18.1 Å². The first-order valence-corrected chi connectivity index (χ1v) is 8.68. The lowest BCUT2D eigenvalue weighted by atomic mass is 9.88. The molecule has 0 bridgehead atoms. The number of hydrogen-bond donors (Lipinski definition) is 2. The van der Waals surface area contributed by atoms with Gasteiger partial charge in [-0.2, -0.15) is 0 Å². The van der Waals surface area contributed by atoms with Gasteiger partial charge in [-0.1, -0.05) is 25.5 Å². The van der Waals surface area contributed by atoms with Gasteiger partial charge >= 0.3 is 12.0 Å². The molecule has 1 saturated carbocycles. The fraction of sp³-hybridized carbons (Fsp3) is 0.474. The van der Waals surface area contributed by atoms with Crippen molar-refractivity contribution >= 4 is 12.0 Å². The predicted octanol–water partition coefficient (Wildman–Crippen LogP) is 3.58. The molecule has 1 aliphatic heterocycles. The van der Waals surface area contributed by atoms with Crippen molar-refractivity contribution in [3.8, 4) is 0 Å². The first kappa shape index (κ1) is 17.5. The summed E-state index contributed by atoms with van der Waals surface area (Å²) in [6, 6.07) is 4.74. The van der Waals surface area contributed by atoms with Gasteiger partial charge in [0.2, 0.25) is 0 Å². The van der Waals surface area contributed by atoms with Crippen LogP contribution < -0.4 is 10.6 Å². The van der Waals surface area contributed by atoms with E-state index in [1.54, 1.807) is 19.1 Å². The van der Waals surface area contributed by atoms with E-state index in [2.05, 4.69) is 17.6 Å². The van der Waals surface area contributed by atoms with E-state index in [-0.39, 0.29) is 6.10 Å². The van der Waals surface area contributed by atoms with Crippen LogP contribution in [0.25, 0.3) is 0 Å². The summed E-state index contributed by atoms with van der Waals surface area (Å²) in [6.07, 6.45) is 3.79. The zero-order valence-corrected chi connectivity index (χ0v) is 14.5. The fourth-order valence-electron chi connectivity index (χ4n) is 3.60. The Morgan fingerprint density at radius 1 is 1.32 bits per heavy atom. The predicted molar refractivity (Wildman–Crippen MR) is 91.0 cm³/mol. The number of benzene rings is 1. The second-order valence-corrected chi connectivity index (χ2v) is 6.92. The average molecular weight is 346 g/mol. The zero-order chi connectivity index (χ0) is 18.0. The highest BCUT2D eigenvalue weighted by molar-refractivity contribution is 5.95. The Bertz CT molecular complexity index is 716. The molecule has 3 atom stereocenters. The van der Waals surface area contributed by atoms with Gasteiger partial charge in [-0.15, -0.1) is 0 Å². The van der Waals surface area contributed by atoms with Crippen LogP contribution in [0.1, 0.15) is 51.1 Å². The molecule has 134 valence electrons. The van der Waals surface area contributed by atoms with Crippen molar-refractivity contribution in [2.24, 2.45) is 5.92 Å². The molecule has 5 nitrogen and oxygen atoms in total. The molecule has 1 aliphatic carbocycles. The van der Waals surface area contributed by atoms with Crippen molar-refractivity contribution in [2.75, 3.05) is 0 Å². The highest BCUT2D eigenvalue weighted by Gasteiger charge is 2.34. The van der Waals surface area contributed by atoms with Crippen LogP contribution in [0.2, 0.25) is 0 Å². The molecule has 2 aliphatic rings. The molecule has 1 aromatic rings. The van der Waals surface area contributed by atoms with Crippen LogP contribution in [0.3, 0.4) is 0 Å². The van der Waals surface area contributed by atoms with Crippen LogP contribution in [0.5, 0.6) is 0 Å². The first-order valence-electron chi connectivity index (χ1n) is 8.68. The molecule has 1 aromatic carbocycles. The van der Waals surface area contributed by atoms with Crippen LogP contribution >= 0.6 is 0 Å². The van der Waals surface area contributed by atoms with Gasteiger partial charge in [-0.3, -0.25) is 0 Å². The number of nitrogens with one attached hydrogen (secondary N) is 2. The zero-order valence-electron chi connectivity index (χ0n) is 14.5. The van der Waals surface area contributed by atoms with Gasteiger partial charge in [-0.25, -0.2) is 14.0 Å². The maximum Gasteiger partial charge on any atom is 0.338 e. The lowest BCUT2D eigenvalue weighted by Gasteiger charge is -2.31. The lowest BCUT2D eigenvalue weighted by Crippen LogP contribution is -2.45. The highest BCUT2D eigenvalue weighted by atomic mass is 19.1. The van der Waals surface area contributed by atoms with Gasteiger partial charge in [0.15, 0.2) is 0 Å². The molecular formula is C19H23FN2O3. The number of hydrogen-bond acceptors (Lipinski definition) is 3. The molecule has 0 aromatic heterocycles. The van der Waals surface area contributed by atoms with Crippen molar-refractivity contribution < 1.29 is 18.7 Å². The third-order valence-electron chi connectivity index (χ3n) is 4.83. The van der Waals surface area contributed by atoms with Crippen molar-refractivity contribution in [1.82, 2.24) is 10.6 Å². The minimum absolute atomic E-state index is 0.109. The standard InChI is InChI=1S/C19H23FN2O3/c1-11-5-3-8-15(9-11)25-18(23)16-12(2)21-19(24)22-17(16)13-6-4-7-14(20)10-13/h4,6-7,10-11,15,17H,3,5,8-9H2,1-2H3,(H2,21,22,24)/t11-,15-,17+/m0/s1. The monoisotopic (exact) mass is 346 g/mol. The largest absolute Gasteiger partial charge is 0.459 e. The quantitative estimate of drug-likeness (QED) is 0.822. The topological polar surface area (TPSA) is 67.4 Å². The maximum absolute atomic E-state index is 13.6. The van der Waals surface area contributed by atoms with Crippen molar-refractivity contribution in [2.45, 2.75) is 51.7 Å². The molecule has 0 saturated heterocycles. The third-order valence-corrected chi connectivity index (χ3v) is 4.83. The second kappa shape index (κ2) is 7.25. The Labute approximate surface area is 146 Å². The number of urea groups is 1. The summed E-state index contributed by atoms with van der Waals surface area (Å²) in [6.45, 7) is 3.81. The van der Waals surface area contributed by atoms with Crippen molar-refractivity contribution in [3.63, 3.8) is 0 Å². The summed E-state index contributed by atoms with van der Waals surface area (Å²) in [5.41, 5.74) is 1.27. The van der Waals surface area contributed by atoms with E-state index in [0.29, 0.717) is 22.8 Å². The third kappa shape index (κ3) is 4.00. The van der Waals surface area contributed by atoms with Gasteiger partial charge in [0.1, 0.15) is 11.9 Å². The smallest absolute Gasteiger partial charge is 0.338 e. The van der Waals surface area contributed by atoms with E-state index in [1.165, 1.54) is 12.1 Å². The molecule has 2 N–H and O–H groups in total. The van der Waals surface area contributed by atoms with E-state index < -0.39 is 23.9 Å². The molecule has 6 heteroatoms. The van der Waals surface area contributed by atoms with E-state index in [1.807, 2.05) is 0 Å². The van der Waals surface area contributed by atoms with Crippen LogP contribution in [-0.2, 0) is 9.53 Å². The fourth-order valence-corrected chi connectivity index (χ4v) is 3.60. The average Bonchev–Trinajstić information content (AvgIpc) is 2.54. The summed E-state index contributed by atoms with van der Waals surface area (Å²) < 4.78 is 19.3. The Morgan fingerprint density at radius 2 is 2.12 bits per heavy atom. The molecule has 2 amide bonds. The summed E-state index contributed by atoms with van der Waals surface area (Å²) in [5.74, 6) is -0.347. The van der Waals surface area contributed by atoms with Crippen LogP contribution in [0.15, 0.2) is 35.5 Å². The van der Waals surface area contributed by atoms with Crippen molar-refractivity contribution in [1.29, 1.82) is 0 Å². The number of halogens is 1. The molecule has 0 unspecified atom stereocenters. The number of carbonyl (C=O) groups is 2. The molecule has 1 heterocycles. The SMILES string of the molecule is CC1=C(C(=O)O[C@H]2CCC[C@H](C)C2)[C@@H](c2cccc(F)c2)NC(=O)N1.